The van der Waals surface area contributed by atoms with E-state index in [9.17, 15) is 57.5 Å². The van der Waals surface area contributed by atoms with Gasteiger partial charge in [0.2, 0.25) is 0 Å². The first kappa shape index (κ1) is 27.5. The largest absolute Gasteiger partial charge is 0.488 e. The molecule has 3 unspecified atom stereocenters. The molecule has 0 aliphatic heterocycles. The molecule has 5 nitrogen and oxygen atoms in total. The van der Waals surface area contributed by atoms with E-state index in [0.717, 1.165) is 13.8 Å². The zero-order valence-electron chi connectivity index (χ0n) is 14.4. The molecule has 0 aromatic rings. The second-order valence-corrected chi connectivity index (χ2v) is 5.20. The summed E-state index contributed by atoms with van der Waals surface area (Å²) >= 11 is 0. The maximum atomic E-state index is 13.9. The molecule has 29 heavy (non-hydrogen) atoms. The second kappa shape index (κ2) is 8.33. The fraction of sp³-hybridized carbons (Fsp3) is 0.917. The van der Waals surface area contributed by atoms with Crippen LogP contribution in [0.25, 0.3) is 0 Å². The second-order valence-electron chi connectivity index (χ2n) is 5.20. The van der Waals surface area contributed by atoms with Gasteiger partial charge in [0.25, 0.3) is 0 Å². The van der Waals surface area contributed by atoms with Gasteiger partial charge in [-0.05, 0) is 13.3 Å². The van der Waals surface area contributed by atoms with Gasteiger partial charge in [-0.1, -0.05) is 6.92 Å². The lowest BCUT2D eigenvalue weighted by Gasteiger charge is -2.38. The number of methoxy groups -OCH3 is 1. The minimum atomic E-state index is -7.25. The monoisotopic (exact) mass is 464 g/mol. The van der Waals surface area contributed by atoms with Crippen LogP contribution in [0.2, 0.25) is 0 Å². The molecule has 0 aromatic carbocycles. The summed E-state index contributed by atoms with van der Waals surface area (Å²) in [7, 11) is -0.0268. The molecule has 17 heteroatoms. The lowest BCUT2D eigenvalue weighted by atomic mass is 10.2. The number of rotatable bonds is 9. The SMILES string of the molecule is CCC(C)OC(F)(F)OC(F)(C(F)(F)F)C(F)(F)OC(F)(C(=O)OC)C(F)(F)F. The predicted octanol–water partition coefficient (Wildman–Crippen LogP) is 4.61. The molecule has 0 saturated heterocycles. The van der Waals surface area contributed by atoms with E-state index in [1.165, 1.54) is 0 Å². The molecule has 0 saturated carbocycles. The van der Waals surface area contributed by atoms with Crippen molar-refractivity contribution in [3.63, 3.8) is 0 Å². The van der Waals surface area contributed by atoms with Crippen molar-refractivity contribution in [3.8, 4) is 0 Å². The summed E-state index contributed by atoms with van der Waals surface area (Å²) < 4.78 is 168. The van der Waals surface area contributed by atoms with Crippen molar-refractivity contribution in [1.82, 2.24) is 0 Å². The highest BCUT2D eigenvalue weighted by atomic mass is 19.4. The molecule has 0 aliphatic carbocycles. The fourth-order valence-electron chi connectivity index (χ4n) is 1.38. The van der Waals surface area contributed by atoms with Crippen LogP contribution in [0.15, 0.2) is 0 Å². The Balaban J connectivity index is 6.30. The zero-order valence-corrected chi connectivity index (χ0v) is 14.4. The van der Waals surface area contributed by atoms with Crippen LogP contribution in [0.1, 0.15) is 20.3 Å². The van der Waals surface area contributed by atoms with E-state index in [4.69, 9.17) is 0 Å². The van der Waals surface area contributed by atoms with Crippen molar-refractivity contribution in [2.24, 2.45) is 0 Å². The third-order valence-electron chi connectivity index (χ3n) is 2.99. The van der Waals surface area contributed by atoms with E-state index < -0.39 is 48.5 Å². The number of esters is 1. The normalized spacial score (nSPS) is 19.3. The van der Waals surface area contributed by atoms with Gasteiger partial charge >= 0.3 is 42.4 Å². The molecule has 0 rings (SSSR count). The van der Waals surface area contributed by atoms with Crippen molar-refractivity contribution in [1.29, 1.82) is 0 Å². The molecule has 0 aliphatic rings. The van der Waals surface area contributed by atoms with Crippen LogP contribution in [0.3, 0.4) is 0 Å². The molecule has 0 amide bonds. The number of hydrogen-bond donors (Lipinski definition) is 0. The first-order chi connectivity index (χ1) is 12.6. The lowest BCUT2D eigenvalue weighted by molar-refractivity contribution is -0.556. The molecule has 0 fully saturated rings. The average Bonchev–Trinajstić information content (AvgIpc) is 2.49. The van der Waals surface area contributed by atoms with Crippen LogP contribution in [0.4, 0.5) is 52.7 Å². The third kappa shape index (κ3) is 5.78. The van der Waals surface area contributed by atoms with Gasteiger partial charge in [0, 0.05) is 0 Å². The van der Waals surface area contributed by atoms with E-state index in [-0.39, 0.29) is 13.5 Å². The van der Waals surface area contributed by atoms with Crippen LogP contribution in [-0.2, 0) is 23.7 Å². The van der Waals surface area contributed by atoms with Crippen molar-refractivity contribution in [3.05, 3.63) is 0 Å². The first-order valence-electron chi connectivity index (χ1n) is 7.03. The minimum Gasteiger partial charge on any atom is -0.465 e. The van der Waals surface area contributed by atoms with E-state index in [1.807, 2.05) is 0 Å². The quantitative estimate of drug-likeness (QED) is 0.284. The Kier molecular flexibility index (Phi) is 7.90. The summed E-state index contributed by atoms with van der Waals surface area (Å²) in [4.78, 5) is 10.8. The fourth-order valence-corrected chi connectivity index (χ4v) is 1.38. The number of ether oxygens (including phenoxy) is 4. The Bertz CT molecular complexity index is 577. The smallest absolute Gasteiger partial charge is 0.465 e. The Morgan fingerprint density at radius 1 is 0.828 bits per heavy atom. The van der Waals surface area contributed by atoms with Gasteiger partial charge in [0.15, 0.2) is 0 Å². The van der Waals surface area contributed by atoms with Crippen molar-refractivity contribution < 1.29 is 76.4 Å². The van der Waals surface area contributed by atoms with Gasteiger partial charge in [-0.15, -0.1) is 8.78 Å². The molecular formula is C12H12F12O5. The molecule has 0 bridgehead atoms. The summed E-state index contributed by atoms with van der Waals surface area (Å²) in [5.74, 6) is -16.9. The van der Waals surface area contributed by atoms with Crippen LogP contribution in [-0.4, -0.2) is 55.6 Å². The Labute approximate surface area is 153 Å². The summed E-state index contributed by atoms with van der Waals surface area (Å²) in [5, 5.41) is 0. The van der Waals surface area contributed by atoms with Gasteiger partial charge in [0.1, 0.15) is 0 Å². The van der Waals surface area contributed by atoms with Crippen LogP contribution in [0.5, 0.6) is 0 Å². The standard InChI is InChI=1S/C12H12F12O5/c1-4-5(2)27-12(23,24)29-8(14,10(18,19)20)11(21,22)28-7(13,6(25)26-3)9(15,16)17/h5H,4H2,1-3H3. The van der Waals surface area contributed by atoms with Crippen LogP contribution in [0, 0.1) is 0 Å². The molecule has 0 spiro atoms. The Morgan fingerprint density at radius 3 is 1.59 bits per heavy atom. The third-order valence-corrected chi connectivity index (χ3v) is 2.99. The first-order valence-corrected chi connectivity index (χ1v) is 7.03. The van der Waals surface area contributed by atoms with Crippen LogP contribution >= 0.6 is 0 Å². The van der Waals surface area contributed by atoms with Crippen molar-refractivity contribution >= 4 is 5.97 Å². The summed E-state index contributed by atoms with van der Waals surface area (Å²) in [6, 6.07) is 0. The molecule has 3 atom stereocenters. The molecule has 0 radical (unpaired) electrons. The lowest BCUT2D eigenvalue weighted by Crippen LogP contribution is -2.66. The number of carbonyl (C=O) groups is 1. The van der Waals surface area contributed by atoms with Crippen LogP contribution < -0.4 is 0 Å². The molecule has 0 N–H and O–H groups in total. The topological polar surface area (TPSA) is 54.0 Å². The van der Waals surface area contributed by atoms with Gasteiger partial charge in [0.05, 0.1) is 13.2 Å². The highest BCUT2D eigenvalue weighted by molar-refractivity contribution is 5.78. The summed E-state index contributed by atoms with van der Waals surface area (Å²) in [6.07, 6.45) is -29.2. The van der Waals surface area contributed by atoms with E-state index in [1.54, 1.807) is 0 Å². The number of hydrogen-bond acceptors (Lipinski definition) is 5. The molecular weight excluding hydrogens is 452 g/mol. The van der Waals surface area contributed by atoms with E-state index in [2.05, 4.69) is 18.9 Å². The number of halogens is 12. The maximum absolute atomic E-state index is 13.9. The molecule has 0 heterocycles. The molecule has 0 aromatic heterocycles. The van der Waals surface area contributed by atoms with Gasteiger partial charge in [-0.25, -0.2) is 9.53 Å². The Morgan fingerprint density at radius 2 is 1.28 bits per heavy atom. The minimum absolute atomic E-state index is 0.0268. The zero-order chi connectivity index (χ0) is 23.7. The number of alkyl halides is 12. The van der Waals surface area contributed by atoms with Crippen molar-refractivity contribution in [2.45, 2.75) is 62.8 Å². The Hall–Kier alpha value is -1.49. The molecule has 174 valence electrons. The maximum Gasteiger partial charge on any atom is 0.488 e. The van der Waals surface area contributed by atoms with Gasteiger partial charge < -0.3 is 4.74 Å². The van der Waals surface area contributed by atoms with Crippen molar-refractivity contribution in [2.75, 3.05) is 7.11 Å². The predicted molar refractivity (Wildman–Crippen MR) is 64.7 cm³/mol. The summed E-state index contributed by atoms with van der Waals surface area (Å²) in [5.41, 5.74) is 0. The highest BCUT2D eigenvalue weighted by Gasteiger charge is 2.82. The summed E-state index contributed by atoms with van der Waals surface area (Å²) in [6.45, 7) is 1.87. The average molecular weight is 464 g/mol. The van der Waals surface area contributed by atoms with E-state index in [0.29, 0.717) is 0 Å². The highest BCUT2D eigenvalue weighted by Crippen LogP contribution is 2.53. The van der Waals surface area contributed by atoms with E-state index >= 15 is 0 Å². The van der Waals surface area contributed by atoms with Gasteiger partial charge in [-0.2, -0.15) is 43.9 Å². The van der Waals surface area contributed by atoms with Gasteiger partial charge in [-0.3, -0.25) is 9.47 Å². The number of carbonyl (C=O) groups excluding carboxylic acids is 1.